The predicted octanol–water partition coefficient (Wildman–Crippen LogP) is 13.2. The molecule has 456 valence electrons. The molecule has 0 unspecified atom stereocenters. The number of carboxylic acid groups (broad SMARTS) is 2. The molecule has 26 heteroatoms. The van der Waals surface area contributed by atoms with Crippen LogP contribution in [0.25, 0.3) is 44.6 Å². The van der Waals surface area contributed by atoms with E-state index in [1.54, 1.807) is 21.3 Å². The summed E-state index contributed by atoms with van der Waals surface area (Å²) in [7, 11) is 3.02. The van der Waals surface area contributed by atoms with Crippen LogP contribution in [-0.2, 0) is 61.0 Å². The van der Waals surface area contributed by atoms with Crippen molar-refractivity contribution in [1.82, 2.24) is 39.0 Å². The molecule has 2 N–H and O–H groups in total. The number of carboxylic acids is 2. The number of aromatic nitrogens is 8. The lowest BCUT2D eigenvalue weighted by Gasteiger charge is -2.12. The van der Waals surface area contributed by atoms with Crippen LogP contribution in [0.3, 0.4) is 0 Å². The fourth-order valence-electron chi connectivity index (χ4n) is 9.32. The maximum Gasteiger partial charge on any atom is 0.433 e. The number of aromatic carboxylic acids is 2. The number of hydrogen-bond donors (Lipinski definition) is 2. The van der Waals surface area contributed by atoms with Crippen molar-refractivity contribution < 1.29 is 82.7 Å². The lowest BCUT2D eigenvalue weighted by atomic mass is 10.0. The van der Waals surface area contributed by atoms with Crippen LogP contribution in [0.2, 0.25) is 0 Å². The first kappa shape index (κ1) is 62.7. The van der Waals surface area contributed by atoms with Gasteiger partial charge < -0.3 is 38.3 Å². The Kier molecular flexibility index (Phi) is 18.8. The van der Waals surface area contributed by atoms with Gasteiger partial charge in [-0.05, 0) is 110 Å². The first-order chi connectivity index (χ1) is 41.9. The van der Waals surface area contributed by atoms with Crippen LogP contribution >= 0.6 is 0 Å². The highest BCUT2D eigenvalue weighted by Crippen LogP contribution is 2.33. The molecule has 6 heterocycles. The Balaban J connectivity index is 0.000000209. The number of aryl methyl sites for hydroxylation is 2. The van der Waals surface area contributed by atoms with Gasteiger partial charge in [0, 0.05) is 85.9 Å². The van der Waals surface area contributed by atoms with Gasteiger partial charge in [0.25, 0.3) is 0 Å². The number of halogens is 10. The van der Waals surface area contributed by atoms with Gasteiger partial charge >= 0.3 is 24.3 Å². The second-order valence-corrected chi connectivity index (χ2v) is 19.7. The first-order valence-electron chi connectivity index (χ1n) is 26.6. The minimum atomic E-state index is -4.57. The minimum absolute atomic E-state index is 0.0244. The van der Waals surface area contributed by atoms with Gasteiger partial charge in [-0.3, -0.25) is 0 Å². The zero-order valence-corrected chi connectivity index (χ0v) is 46.9. The van der Waals surface area contributed by atoms with Gasteiger partial charge in [-0.25, -0.2) is 57.1 Å². The van der Waals surface area contributed by atoms with E-state index in [1.165, 1.54) is 101 Å². The Morgan fingerprint density at radius 2 is 0.875 bits per heavy atom. The van der Waals surface area contributed by atoms with Crippen LogP contribution in [0, 0.1) is 37.1 Å². The molecule has 4 aromatic carbocycles. The molecule has 0 radical (unpaired) electrons. The van der Waals surface area contributed by atoms with Crippen LogP contribution in [0.1, 0.15) is 77.4 Å². The molecule has 6 aromatic heterocycles. The van der Waals surface area contributed by atoms with Gasteiger partial charge in [-0.15, -0.1) is 0 Å². The number of rotatable bonds is 20. The standard InChI is InChI=1S/2C31H25F5N4O4/c2*1-17-19(7-9-27(37-17)31(34,35)36)16-44-29-5-3-4-24(39-29)21-15-22(32)20(12-23(21)33)14-28-38-25-8-6-18(30(41)42)13-26(25)40(28)10-11-43-2/h2*3-9,12-13,15H,10-11,14,16H2,1-2H3,(H,41,42). The lowest BCUT2D eigenvalue weighted by Crippen LogP contribution is -2.10. The summed E-state index contributed by atoms with van der Waals surface area (Å²) < 4.78 is 164. The molecule has 0 amide bonds. The Labute approximate surface area is 493 Å². The van der Waals surface area contributed by atoms with Gasteiger partial charge in [0.2, 0.25) is 11.8 Å². The van der Waals surface area contributed by atoms with E-state index in [0.29, 0.717) is 57.9 Å². The number of fused-ring (bicyclic) bond motifs is 2. The highest BCUT2D eigenvalue weighted by molar-refractivity contribution is 5.93. The monoisotopic (exact) mass is 1220 g/mol. The maximum absolute atomic E-state index is 15.4. The van der Waals surface area contributed by atoms with E-state index >= 15 is 17.6 Å². The van der Waals surface area contributed by atoms with Crippen molar-refractivity contribution in [2.45, 2.75) is 65.3 Å². The van der Waals surface area contributed by atoms with Crippen molar-refractivity contribution in [3.8, 4) is 34.3 Å². The average Bonchev–Trinajstić information content (AvgIpc) is 3.18. The normalized spacial score (nSPS) is 11.7. The summed E-state index contributed by atoms with van der Waals surface area (Å²) in [5.74, 6) is -4.23. The van der Waals surface area contributed by atoms with Gasteiger partial charge in [0.05, 0.1) is 57.8 Å². The third kappa shape index (κ3) is 14.5. The highest BCUT2D eigenvalue weighted by Gasteiger charge is 2.34. The van der Waals surface area contributed by atoms with Gasteiger partial charge in [-0.1, -0.05) is 24.3 Å². The fraction of sp³-hybridized carbons (Fsp3) is 0.226. The van der Waals surface area contributed by atoms with E-state index in [1.807, 2.05) is 0 Å². The lowest BCUT2D eigenvalue weighted by molar-refractivity contribution is -0.142. The number of pyridine rings is 4. The fourth-order valence-corrected chi connectivity index (χ4v) is 9.32. The molecule has 0 atom stereocenters. The quantitative estimate of drug-likeness (QED) is 0.0683. The summed E-state index contributed by atoms with van der Waals surface area (Å²) in [6.07, 6.45) is -9.30. The van der Waals surface area contributed by atoms with Crippen LogP contribution in [0.5, 0.6) is 11.8 Å². The average molecular weight is 1230 g/mol. The van der Waals surface area contributed by atoms with Crippen molar-refractivity contribution in [1.29, 1.82) is 0 Å². The minimum Gasteiger partial charge on any atom is -0.478 e. The van der Waals surface area contributed by atoms with Crippen LogP contribution in [-0.4, -0.2) is 88.6 Å². The van der Waals surface area contributed by atoms with Crippen molar-refractivity contribution in [3.63, 3.8) is 0 Å². The number of methoxy groups -OCH3 is 2. The molecule has 10 rings (SSSR count). The summed E-state index contributed by atoms with van der Waals surface area (Å²) in [5, 5.41) is 18.8. The summed E-state index contributed by atoms with van der Waals surface area (Å²) in [6, 6.07) is 26.3. The first-order valence-corrected chi connectivity index (χ1v) is 26.6. The summed E-state index contributed by atoms with van der Waals surface area (Å²) in [6.45, 7) is 3.77. The Morgan fingerprint density at radius 1 is 0.477 bits per heavy atom. The second-order valence-electron chi connectivity index (χ2n) is 19.7. The van der Waals surface area contributed by atoms with Crippen LogP contribution < -0.4 is 9.47 Å². The molecule has 0 aliphatic carbocycles. The van der Waals surface area contributed by atoms with E-state index in [2.05, 4.69) is 29.9 Å². The molecule has 0 saturated heterocycles. The molecule has 0 bridgehead atoms. The largest absolute Gasteiger partial charge is 0.478 e. The molecule has 0 aliphatic rings. The number of carbonyl (C=O) groups is 2. The molecule has 0 fully saturated rings. The number of alkyl halides is 6. The van der Waals surface area contributed by atoms with E-state index in [9.17, 15) is 46.1 Å². The molecule has 16 nitrogen and oxygen atoms in total. The van der Waals surface area contributed by atoms with Gasteiger partial charge in [0.15, 0.2) is 0 Å². The SMILES string of the molecule is COCCn1c(Cc2cc(F)c(-c3cccc(OCc4ccc(C(F)(F)F)nc4C)n3)cc2F)nc2ccc(C(=O)O)cc21.COCCn1c(Cc2cc(F)c(-c3cccc(OCc4ccc(C(F)(F)F)nc4C)n3)cc2F)nc2ccc(C(=O)O)cc21. The Hall–Kier alpha value is -9.82. The topological polar surface area (TPSA) is 199 Å². The maximum atomic E-state index is 15.4. The molecule has 0 aliphatic heterocycles. The van der Waals surface area contributed by atoms with Crippen molar-refractivity contribution >= 4 is 34.0 Å². The second kappa shape index (κ2) is 26.4. The molecule has 0 saturated carbocycles. The predicted molar refractivity (Wildman–Crippen MR) is 299 cm³/mol. The van der Waals surface area contributed by atoms with E-state index in [4.69, 9.17) is 18.9 Å². The zero-order chi connectivity index (χ0) is 63.2. The van der Waals surface area contributed by atoms with Crippen molar-refractivity contribution in [2.75, 3.05) is 27.4 Å². The summed E-state index contributed by atoms with van der Waals surface area (Å²) >= 11 is 0. The molecule has 10 aromatic rings. The number of nitrogens with zero attached hydrogens (tertiary/aromatic N) is 8. The van der Waals surface area contributed by atoms with Crippen molar-refractivity contribution in [3.05, 3.63) is 212 Å². The third-order valence-electron chi connectivity index (χ3n) is 13.9. The van der Waals surface area contributed by atoms with E-state index in [0.717, 1.165) is 36.4 Å². The molecular weight excluding hydrogens is 1170 g/mol. The number of ether oxygens (including phenoxy) is 4. The van der Waals surface area contributed by atoms with Crippen molar-refractivity contribution in [2.24, 2.45) is 0 Å². The van der Waals surface area contributed by atoms with Gasteiger partial charge in [0.1, 0.15) is 59.5 Å². The molecular formula is C62H50F10N8O8. The Morgan fingerprint density at radius 3 is 1.23 bits per heavy atom. The van der Waals surface area contributed by atoms with E-state index in [-0.39, 0.29) is 107 Å². The van der Waals surface area contributed by atoms with Crippen LogP contribution in [0.15, 0.2) is 121 Å². The molecule has 0 spiro atoms. The van der Waals surface area contributed by atoms with Crippen LogP contribution in [0.4, 0.5) is 43.9 Å². The number of benzene rings is 4. The van der Waals surface area contributed by atoms with Gasteiger partial charge in [-0.2, -0.15) is 26.3 Å². The highest BCUT2D eigenvalue weighted by atomic mass is 19.4. The zero-order valence-electron chi connectivity index (χ0n) is 46.9. The third-order valence-corrected chi connectivity index (χ3v) is 13.9. The summed E-state index contributed by atoms with van der Waals surface area (Å²) in [5.41, 5.74) is 1.21. The molecule has 88 heavy (non-hydrogen) atoms. The number of imidazole rings is 2. The van der Waals surface area contributed by atoms with E-state index < -0.39 is 58.9 Å². The number of hydrogen-bond acceptors (Lipinski definition) is 12. The smallest absolute Gasteiger partial charge is 0.433 e. The Bertz CT molecular complexity index is 3980. The summed E-state index contributed by atoms with van der Waals surface area (Å²) in [4.78, 5) is 47.7.